The van der Waals surface area contributed by atoms with Gasteiger partial charge in [0.15, 0.2) is 6.61 Å². The van der Waals surface area contributed by atoms with Crippen LogP contribution < -0.4 is 14.8 Å². The van der Waals surface area contributed by atoms with Crippen molar-refractivity contribution in [2.24, 2.45) is 0 Å². The van der Waals surface area contributed by atoms with Gasteiger partial charge in [-0.15, -0.1) is 0 Å². The first-order valence-corrected chi connectivity index (χ1v) is 7.79. The van der Waals surface area contributed by atoms with Gasteiger partial charge in [0.1, 0.15) is 11.5 Å². The van der Waals surface area contributed by atoms with E-state index in [1.807, 2.05) is 24.3 Å². The summed E-state index contributed by atoms with van der Waals surface area (Å²) in [6, 6.07) is 15.1. The molecule has 0 spiro atoms. The standard InChI is InChI=1S/C19H23NO3/c1-4-14(2)15-5-9-18(10-6-15)23-13-19(21)20-16-7-11-17(22-3)12-8-16/h5-12,14H,4,13H2,1-3H3,(H,20,21)/t14-/m0/s1. The fourth-order valence-corrected chi connectivity index (χ4v) is 2.15. The summed E-state index contributed by atoms with van der Waals surface area (Å²) < 4.78 is 10.6. The minimum absolute atomic E-state index is 0.0191. The monoisotopic (exact) mass is 313 g/mol. The van der Waals surface area contributed by atoms with Crippen LogP contribution in [-0.4, -0.2) is 19.6 Å². The number of anilines is 1. The Hall–Kier alpha value is -2.49. The smallest absolute Gasteiger partial charge is 0.262 e. The molecule has 0 saturated carbocycles. The first-order chi connectivity index (χ1) is 11.1. The SMILES string of the molecule is CC[C@H](C)c1ccc(OCC(=O)Nc2ccc(OC)cc2)cc1. The predicted molar refractivity (Wildman–Crippen MR) is 92.3 cm³/mol. The lowest BCUT2D eigenvalue weighted by Crippen LogP contribution is -2.20. The van der Waals surface area contributed by atoms with Gasteiger partial charge < -0.3 is 14.8 Å². The molecule has 0 aliphatic heterocycles. The summed E-state index contributed by atoms with van der Waals surface area (Å²) in [7, 11) is 1.61. The molecular weight excluding hydrogens is 290 g/mol. The van der Waals surface area contributed by atoms with Crippen LogP contribution in [0.4, 0.5) is 5.69 Å². The quantitative estimate of drug-likeness (QED) is 0.832. The van der Waals surface area contributed by atoms with E-state index in [0.717, 1.165) is 12.2 Å². The zero-order valence-electron chi connectivity index (χ0n) is 13.8. The summed E-state index contributed by atoms with van der Waals surface area (Å²) in [5.41, 5.74) is 1.99. The molecule has 1 atom stereocenters. The number of carbonyl (C=O) groups excluding carboxylic acids is 1. The Balaban J connectivity index is 1.83. The Labute approximate surface area is 137 Å². The molecule has 2 aromatic rings. The molecule has 0 heterocycles. The number of amides is 1. The van der Waals surface area contributed by atoms with Gasteiger partial charge in [0.25, 0.3) is 5.91 Å². The molecule has 0 aliphatic rings. The lowest BCUT2D eigenvalue weighted by Gasteiger charge is -2.11. The van der Waals surface area contributed by atoms with Gasteiger partial charge in [-0.25, -0.2) is 0 Å². The second kappa shape index (κ2) is 8.22. The summed E-state index contributed by atoms with van der Waals surface area (Å²) in [4.78, 5) is 11.9. The number of carbonyl (C=O) groups is 1. The third-order valence-corrected chi connectivity index (χ3v) is 3.81. The molecule has 0 aliphatic carbocycles. The topological polar surface area (TPSA) is 47.6 Å². The van der Waals surface area contributed by atoms with Crippen molar-refractivity contribution >= 4 is 11.6 Å². The van der Waals surface area contributed by atoms with Gasteiger partial charge in [0, 0.05) is 5.69 Å². The molecule has 2 aromatic carbocycles. The van der Waals surface area contributed by atoms with E-state index < -0.39 is 0 Å². The Bertz CT molecular complexity index is 620. The van der Waals surface area contributed by atoms with Gasteiger partial charge in [0.2, 0.25) is 0 Å². The maximum Gasteiger partial charge on any atom is 0.262 e. The van der Waals surface area contributed by atoms with Crippen LogP contribution in [0.25, 0.3) is 0 Å². The maximum absolute atomic E-state index is 11.9. The molecule has 0 fully saturated rings. The van der Waals surface area contributed by atoms with Crippen molar-refractivity contribution < 1.29 is 14.3 Å². The first kappa shape index (κ1) is 16.9. The van der Waals surface area contributed by atoms with Gasteiger partial charge in [-0.3, -0.25) is 4.79 Å². The zero-order valence-corrected chi connectivity index (χ0v) is 13.8. The number of benzene rings is 2. The molecule has 0 unspecified atom stereocenters. The third-order valence-electron chi connectivity index (χ3n) is 3.81. The highest BCUT2D eigenvalue weighted by Crippen LogP contribution is 2.21. The summed E-state index contributed by atoms with van der Waals surface area (Å²) in [5.74, 6) is 1.78. The molecule has 0 radical (unpaired) electrons. The van der Waals surface area contributed by atoms with Gasteiger partial charge >= 0.3 is 0 Å². The fraction of sp³-hybridized carbons (Fsp3) is 0.316. The summed E-state index contributed by atoms with van der Waals surface area (Å²) in [5, 5.41) is 2.78. The first-order valence-electron chi connectivity index (χ1n) is 7.79. The average Bonchev–Trinajstić information content (AvgIpc) is 2.60. The van der Waals surface area contributed by atoms with Crippen molar-refractivity contribution in [1.82, 2.24) is 0 Å². The lowest BCUT2D eigenvalue weighted by atomic mass is 9.99. The molecule has 23 heavy (non-hydrogen) atoms. The third kappa shape index (κ3) is 5.02. The highest BCUT2D eigenvalue weighted by atomic mass is 16.5. The van der Waals surface area contributed by atoms with Crippen LogP contribution in [-0.2, 0) is 4.79 Å². The average molecular weight is 313 g/mol. The lowest BCUT2D eigenvalue weighted by molar-refractivity contribution is -0.118. The van der Waals surface area contributed by atoms with E-state index in [2.05, 4.69) is 19.2 Å². The second-order valence-electron chi connectivity index (χ2n) is 5.44. The van der Waals surface area contributed by atoms with Crippen LogP contribution in [0.15, 0.2) is 48.5 Å². The molecule has 4 heteroatoms. The van der Waals surface area contributed by atoms with E-state index in [-0.39, 0.29) is 12.5 Å². The second-order valence-corrected chi connectivity index (χ2v) is 5.44. The molecule has 4 nitrogen and oxygen atoms in total. The van der Waals surface area contributed by atoms with Gasteiger partial charge in [-0.05, 0) is 54.3 Å². The minimum Gasteiger partial charge on any atom is -0.497 e. The van der Waals surface area contributed by atoms with Crippen LogP contribution in [0.3, 0.4) is 0 Å². The van der Waals surface area contributed by atoms with Crippen LogP contribution in [0.2, 0.25) is 0 Å². The maximum atomic E-state index is 11.9. The molecular formula is C19H23NO3. The van der Waals surface area contributed by atoms with Crippen molar-refractivity contribution in [3.8, 4) is 11.5 Å². The van der Waals surface area contributed by atoms with Crippen LogP contribution in [0.5, 0.6) is 11.5 Å². The number of ether oxygens (including phenoxy) is 2. The Kier molecular flexibility index (Phi) is 6.03. The normalized spacial score (nSPS) is 11.6. The van der Waals surface area contributed by atoms with Crippen molar-refractivity contribution in [2.45, 2.75) is 26.2 Å². The number of rotatable bonds is 7. The Morgan fingerprint density at radius 1 is 1.04 bits per heavy atom. The minimum atomic E-state index is -0.193. The Morgan fingerprint density at radius 3 is 2.22 bits per heavy atom. The molecule has 0 saturated heterocycles. The van der Waals surface area contributed by atoms with Crippen molar-refractivity contribution in [1.29, 1.82) is 0 Å². The van der Waals surface area contributed by atoms with E-state index in [9.17, 15) is 4.79 Å². The highest BCUT2D eigenvalue weighted by molar-refractivity contribution is 5.91. The van der Waals surface area contributed by atoms with Crippen LogP contribution in [0, 0.1) is 0 Å². The number of nitrogens with one attached hydrogen (secondary N) is 1. The Morgan fingerprint density at radius 2 is 1.65 bits per heavy atom. The van der Waals surface area contributed by atoms with E-state index in [0.29, 0.717) is 17.4 Å². The molecule has 0 aromatic heterocycles. The predicted octanol–water partition coefficient (Wildman–Crippen LogP) is 4.23. The van der Waals surface area contributed by atoms with E-state index in [1.54, 1.807) is 31.4 Å². The fourth-order valence-electron chi connectivity index (χ4n) is 2.15. The van der Waals surface area contributed by atoms with Gasteiger partial charge in [-0.2, -0.15) is 0 Å². The molecule has 1 N–H and O–H groups in total. The van der Waals surface area contributed by atoms with E-state index in [1.165, 1.54) is 5.56 Å². The number of hydrogen-bond donors (Lipinski definition) is 1. The van der Waals surface area contributed by atoms with Crippen molar-refractivity contribution in [3.63, 3.8) is 0 Å². The number of methoxy groups -OCH3 is 1. The van der Waals surface area contributed by atoms with Crippen LogP contribution >= 0.6 is 0 Å². The van der Waals surface area contributed by atoms with Crippen molar-refractivity contribution in [2.75, 3.05) is 19.0 Å². The van der Waals surface area contributed by atoms with E-state index in [4.69, 9.17) is 9.47 Å². The molecule has 122 valence electrons. The van der Waals surface area contributed by atoms with Crippen LogP contribution in [0.1, 0.15) is 31.7 Å². The van der Waals surface area contributed by atoms with E-state index >= 15 is 0 Å². The number of hydrogen-bond acceptors (Lipinski definition) is 3. The zero-order chi connectivity index (χ0) is 16.7. The highest BCUT2D eigenvalue weighted by Gasteiger charge is 2.06. The largest absolute Gasteiger partial charge is 0.497 e. The van der Waals surface area contributed by atoms with Gasteiger partial charge in [0.05, 0.1) is 7.11 Å². The summed E-state index contributed by atoms with van der Waals surface area (Å²) >= 11 is 0. The molecule has 2 rings (SSSR count). The summed E-state index contributed by atoms with van der Waals surface area (Å²) in [6.45, 7) is 4.34. The summed E-state index contributed by atoms with van der Waals surface area (Å²) in [6.07, 6.45) is 1.10. The van der Waals surface area contributed by atoms with Gasteiger partial charge in [-0.1, -0.05) is 26.0 Å². The molecule has 0 bridgehead atoms. The van der Waals surface area contributed by atoms with Crippen molar-refractivity contribution in [3.05, 3.63) is 54.1 Å². The molecule has 1 amide bonds.